The van der Waals surface area contributed by atoms with Crippen LogP contribution in [0.15, 0.2) is 53.1 Å². The molecule has 0 aromatic heterocycles. The molecule has 0 heterocycles. The van der Waals surface area contributed by atoms with Crippen LogP contribution in [0.5, 0.6) is 0 Å². The van der Waals surface area contributed by atoms with E-state index in [0.717, 1.165) is 50.5 Å². The van der Waals surface area contributed by atoms with Crippen molar-refractivity contribution < 1.29 is 14.7 Å². The SMILES string of the molecule is CC(=O)C=Cc1ccc(C2CC3(C)C(CCC3(O)CC(C)C)C3CCC4=CC(=O)CCC4=C23)cc1. The normalized spacial score (nSPS) is 34.6. The summed E-state index contributed by atoms with van der Waals surface area (Å²) in [7, 11) is 0. The van der Waals surface area contributed by atoms with Gasteiger partial charge in [-0.2, -0.15) is 0 Å². The van der Waals surface area contributed by atoms with Crippen LogP contribution in [-0.2, 0) is 9.59 Å². The van der Waals surface area contributed by atoms with E-state index in [-0.39, 0.29) is 22.9 Å². The van der Waals surface area contributed by atoms with Crippen molar-refractivity contribution in [2.75, 3.05) is 0 Å². The molecule has 35 heavy (non-hydrogen) atoms. The van der Waals surface area contributed by atoms with Gasteiger partial charge in [-0.1, -0.05) is 56.7 Å². The van der Waals surface area contributed by atoms with E-state index in [1.165, 1.54) is 16.7 Å². The fourth-order valence-electron chi connectivity index (χ4n) is 8.12. The largest absolute Gasteiger partial charge is 0.389 e. The van der Waals surface area contributed by atoms with E-state index in [0.29, 0.717) is 24.2 Å². The molecule has 0 radical (unpaired) electrons. The van der Waals surface area contributed by atoms with Crippen molar-refractivity contribution in [3.8, 4) is 0 Å². The Labute approximate surface area is 210 Å². The van der Waals surface area contributed by atoms with Crippen LogP contribution in [0, 0.1) is 23.2 Å². The van der Waals surface area contributed by atoms with Gasteiger partial charge in [0.15, 0.2) is 11.6 Å². The number of aliphatic hydroxyl groups is 1. The van der Waals surface area contributed by atoms with Gasteiger partial charge in [0, 0.05) is 17.8 Å². The number of allylic oxidation sites excluding steroid dienone is 5. The minimum Gasteiger partial charge on any atom is -0.389 e. The Kier molecular flexibility index (Phi) is 6.28. The minimum atomic E-state index is -0.622. The quantitative estimate of drug-likeness (QED) is 0.471. The van der Waals surface area contributed by atoms with Crippen LogP contribution >= 0.6 is 0 Å². The highest BCUT2D eigenvalue weighted by Crippen LogP contribution is 2.67. The number of benzene rings is 1. The summed E-state index contributed by atoms with van der Waals surface area (Å²) < 4.78 is 0. The van der Waals surface area contributed by atoms with Crippen LogP contribution in [0.2, 0.25) is 0 Å². The zero-order valence-corrected chi connectivity index (χ0v) is 21.8. The molecule has 4 aliphatic carbocycles. The van der Waals surface area contributed by atoms with Gasteiger partial charge in [0.1, 0.15) is 0 Å². The Morgan fingerprint density at radius 3 is 2.57 bits per heavy atom. The van der Waals surface area contributed by atoms with Gasteiger partial charge in [0.25, 0.3) is 0 Å². The van der Waals surface area contributed by atoms with Crippen molar-refractivity contribution in [1.29, 1.82) is 0 Å². The second-order valence-electron chi connectivity index (χ2n) is 12.3. The molecule has 0 amide bonds. The van der Waals surface area contributed by atoms with Gasteiger partial charge in [0.2, 0.25) is 0 Å². The molecule has 5 rings (SSSR count). The second kappa shape index (κ2) is 9.00. The smallest absolute Gasteiger partial charge is 0.156 e. The second-order valence-corrected chi connectivity index (χ2v) is 12.3. The van der Waals surface area contributed by atoms with Gasteiger partial charge in [0.05, 0.1) is 5.60 Å². The van der Waals surface area contributed by atoms with Gasteiger partial charge in [-0.25, -0.2) is 0 Å². The highest BCUT2D eigenvalue weighted by Gasteiger charge is 2.62. The summed E-state index contributed by atoms with van der Waals surface area (Å²) in [6.07, 6.45) is 12.8. The van der Waals surface area contributed by atoms with E-state index in [4.69, 9.17) is 0 Å². The van der Waals surface area contributed by atoms with Crippen molar-refractivity contribution in [1.82, 2.24) is 0 Å². The Morgan fingerprint density at radius 1 is 1.14 bits per heavy atom. The molecule has 3 nitrogen and oxygen atoms in total. The number of hydrogen-bond donors (Lipinski definition) is 1. The molecule has 0 spiro atoms. The maximum Gasteiger partial charge on any atom is 0.156 e. The maximum atomic E-state index is 12.2. The number of fused-ring (bicyclic) bond motifs is 4. The molecule has 3 heteroatoms. The molecule has 5 unspecified atom stereocenters. The molecule has 4 aliphatic rings. The third-order valence-corrected chi connectivity index (χ3v) is 9.65. The third kappa shape index (κ3) is 4.20. The molecule has 186 valence electrons. The summed E-state index contributed by atoms with van der Waals surface area (Å²) in [5.41, 5.74) is 5.89. The molecule has 0 saturated heterocycles. The summed E-state index contributed by atoms with van der Waals surface area (Å²) >= 11 is 0. The van der Waals surface area contributed by atoms with Crippen LogP contribution in [0.4, 0.5) is 0 Å². The topological polar surface area (TPSA) is 54.4 Å². The van der Waals surface area contributed by atoms with Crippen molar-refractivity contribution in [3.05, 3.63) is 64.3 Å². The number of hydrogen-bond acceptors (Lipinski definition) is 3. The number of ketones is 2. The zero-order valence-electron chi connectivity index (χ0n) is 21.8. The van der Waals surface area contributed by atoms with Gasteiger partial charge in [-0.15, -0.1) is 0 Å². The minimum absolute atomic E-state index is 0.0501. The molecule has 5 atom stereocenters. The van der Waals surface area contributed by atoms with Crippen LogP contribution in [0.25, 0.3) is 6.08 Å². The predicted octanol–water partition coefficient (Wildman–Crippen LogP) is 6.97. The van der Waals surface area contributed by atoms with Crippen molar-refractivity contribution in [2.24, 2.45) is 23.2 Å². The molecule has 1 N–H and O–H groups in total. The highest BCUT2D eigenvalue weighted by molar-refractivity contribution is 5.93. The van der Waals surface area contributed by atoms with E-state index in [1.807, 2.05) is 12.2 Å². The first kappa shape index (κ1) is 24.4. The average Bonchev–Trinajstić information content (AvgIpc) is 3.06. The molecule has 2 saturated carbocycles. The Balaban J connectivity index is 1.61. The van der Waals surface area contributed by atoms with Crippen molar-refractivity contribution in [3.63, 3.8) is 0 Å². The maximum absolute atomic E-state index is 12.2. The highest BCUT2D eigenvalue weighted by atomic mass is 16.3. The Morgan fingerprint density at radius 2 is 1.89 bits per heavy atom. The van der Waals surface area contributed by atoms with Crippen LogP contribution in [-0.4, -0.2) is 22.3 Å². The lowest BCUT2D eigenvalue weighted by atomic mass is 9.50. The van der Waals surface area contributed by atoms with Gasteiger partial charge >= 0.3 is 0 Å². The first-order valence-corrected chi connectivity index (χ1v) is 13.6. The molecule has 1 aromatic rings. The van der Waals surface area contributed by atoms with E-state index in [2.05, 4.69) is 45.0 Å². The summed E-state index contributed by atoms with van der Waals surface area (Å²) in [6.45, 7) is 8.40. The predicted molar refractivity (Wildman–Crippen MR) is 141 cm³/mol. The van der Waals surface area contributed by atoms with Crippen LogP contribution < -0.4 is 0 Å². The van der Waals surface area contributed by atoms with Gasteiger partial charge < -0.3 is 5.11 Å². The molecule has 1 aromatic carbocycles. The number of rotatable bonds is 5. The fourth-order valence-corrected chi connectivity index (χ4v) is 8.12. The Bertz CT molecular complexity index is 1120. The van der Waals surface area contributed by atoms with Crippen molar-refractivity contribution >= 4 is 17.6 Å². The Hall–Kier alpha value is -2.26. The fraction of sp³-hybridized carbons (Fsp3) is 0.562. The first-order valence-electron chi connectivity index (χ1n) is 13.6. The lowest BCUT2D eigenvalue weighted by molar-refractivity contribution is -0.115. The van der Waals surface area contributed by atoms with Crippen LogP contribution in [0.1, 0.15) is 96.1 Å². The van der Waals surface area contributed by atoms with Gasteiger partial charge in [-0.3, -0.25) is 9.59 Å². The summed E-state index contributed by atoms with van der Waals surface area (Å²) in [4.78, 5) is 23.6. The molecule has 2 fully saturated rings. The zero-order chi connectivity index (χ0) is 25.0. The lowest BCUT2D eigenvalue weighted by Gasteiger charge is -2.55. The monoisotopic (exact) mass is 472 g/mol. The van der Waals surface area contributed by atoms with E-state index in [9.17, 15) is 14.7 Å². The number of carbonyl (C=O) groups is 2. The van der Waals surface area contributed by atoms with E-state index < -0.39 is 5.60 Å². The summed E-state index contributed by atoms with van der Waals surface area (Å²) in [5, 5.41) is 12.1. The summed E-state index contributed by atoms with van der Waals surface area (Å²) in [6, 6.07) is 8.67. The average molecular weight is 473 g/mol. The molecule has 0 bridgehead atoms. The summed E-state index contributed by atoms with van der Waals surface area (Å²) in [5.74, 6) is 2.03. The molecular formula is C32H40O3. The van der Waals surface area contributed by atoms with Crippen LogP contribution in [0.3, 0.4) is 0 Å². The number of carbonyl (C=O) groups excluding carboxylic acids is 2. The van der Waals surface area contributed by atoms with Gasteiger partial charge in [-0.05, 0) is 104 Å². The van der Waals surface area contributed by atoms with E-state index in [1.54, 1.807) is 18.6 Å². The van der Waals surface area contributed by atoms with Crippen molar-refractivity contribution in [2.45, 2.75) is 90.6 Å². The lowest BCUT2D eigenvalue weighted by Crippen LogP contribution is -2.52. The van der Waals surface area contributed by atoms with E-state index >= 15 is 0 Å². The molecule has 0 aliphatic heterocycles. The molecular weight excluding hydrogens is 432 g/mol. The third-order valence-electron chi connectivity index (χ3n) is 9.65. The standard InChI is InChI=1S/C32H40O3/c1-20(2)18-32(35)16-15-29-27-13-11-24-17-25(34)12-14-26(24)30(27)28(19-31(29,32)4)23-9-7-22(8-10-23)6-5-21(3)33/h5-10,17,20,27-29,35H,11-16,18-19H2,1-4H3. The first-order chi connectivity index (χ1) is 16.6.